The first-order valence-electron chi connectivity index (χ1n) is 8.00. The summed E-state index contributed by atoms with van der Waals surface area (Å²) in [6.45, 7) is 6.19. The minimum atomic E-state index is -0.907. The van der Waals surface area contributed by atoms with Gasteiger partial charge in [-0.2, -0.15) is 0 Å². The van der Waals surface area contributed by atoms with Crippen LogP contribution in [0.3, 0.4) is 0 Å². The Hall–Kier alpha value is -1.45. The summed E-state index contributed by atoms with van der Waals surface area (Å²) in [6.07, 6.45) is 0.937. The van der Waals surface area contributed by atoms with Gasteiger partial charge in [0.1, 0.15) is 17.2 Å². The first kappa shape index (κ1) is 19.9. The number of nitrogens with zero attached hydrogens (tertiary/aromatic N) is 1. The molecule has 1 atom stereocenters. The van der Waals surface area contributed by atoms with Crippen molar-refractivity contribution in [1.82, 2.24) is 10.2 Å². The second-order valence-electron chi connectivity index (χ2n) is 6.99. The Morgan fingerprint density at radius 1 is 1.28 bits per heavy atom. The molecular weight excluding hydrogens is 445 g/mol. The van der Waals surface area contributed by atoms with E-state index in [1.165, 1.54) is 11.0 Å². The molecule has 25 heavy (non-hydrogen) atoms. The lowest BCUT2D eigenvalue weighted by atomic mass is 10.1. The van der Waals surface area contributed by atoms with Gasteiger partial charge in [0.2, 0.25) is 0 Å². The molecule has 1 aromatic carbocycles. The SMILES string of the molecule is CC(C)(C)OC(=O)N1CCC[C@H](NC(=O)c2cc(I)c(F)cc2F)C1. The van der Waals surface area contributed by atoms with Crippen molar-refractivity contribution in [3.8, 4) is 0 Å². The predicted molar refractivity (Wildman–Crippen MR) is 97.4 cm³/mol. The fourth-order valence-electron chi connectivity index (χ4n) is 2.55. The van der Waals surface area contributed by atoms with Gasteiger partial charge in [0.05, 0.1) is 5.56 Å². The third-order valence-electron chi connectivity index (χ3n) is 3.66. The molecular formula is C17H21F2IN2O3. The average molecular weight is 466 g/mol. The molecule has 0 aliphatic carbocycles. The zero-order valence-corrected chi connectivity index (χ0v) is 16.5. The van der Waals surface area contributed by atoms with Crippen molar-refractivity contribution in [2.75, 3.05) is 13.1 Å². The summed E-state index contributed by atoms with van der Waals surface area (Å²) >= 11 is 1.70. The van der Waals surface area contributed by atoms with Crippen molar-refractivity contribution < 1.29 is 23.1 Å². The van der Waals surface area contributed by atoms with Gasteiger partial charge in [-0.3, -0.25) is 4.79 Å². The first-order chi connectivity index (χ1) is 11.6. The molecule has 0 aromatic heterocycles. The Labute approximate surface area is 159 Å². The number of likely N-dealkylation sites (tertiary alicyclic amines) is 1. The Bertz CT molecular complexity index is 677. The number of ether oxygens (including phenoxy) is 1. The molecule has 1 aliphatic heterocycles. The fraction of sp³-hybridized carbons (Fsp3) is 0.529. The highest BCUT2D eigenvalue weighted by molar-refractivity contribution is 14.1. The highest BCUT2D eigenvalue weighted by atomic mass is 127. The van der Waals surface area contributed by atoms with Crippen molar-refractivity contribution in [3.63, 3.8) is 0 Å². The van der Waals surface area contributed by atoms with Gasteiger partial charge >= 0.3 is 6.09 Å². The smallest absolute Gasteiger partial charge is 0.410 e. The molecule has 138 valence electrons. The second-order valence-corrected chi connectivity index (χ2v) is 8.15. The lowest BCUT2D eigenvalue weighted by molar-refractivity contribution is 0.0185. The molecule has 1 N–H and O–H groups in total. The van der Waals surface area contributed by atoms with Crippen molar-refractivity contribution in [1.29, 1.82) is 0 Å². The third kappa shape index (κ3) is 5.52. The van der Waals surface area contributed by atoms with Crippen LogP contribution in [-0.4, -0.2) is 41.6 Å². The number of nitrogens with one attached hydrogen (secondary N) is 1. The highest BCUT2D eigenvalue weighted by Gasteiger charge is 2.29. The molecule has 0 saturated carbocycles. The van der Waals surface area contributed by atoms with Gasteiger partial charge in [-0.15, -0.1) is 0 Å². The standard InChI is InChI=1S/C17H21F2IN2O3/c1-17(2,3)25-16(24)22-6-4-5-10(9-22)21-15(23)11-7-14(20)13(19)8-12(11)18/h7-8,10H,4-6,9H2,1-3H3,(H,21,23)/t10-/m0/s1. The number of carbonyl (C=O) groups is 2. The zero-order chi connectivity index (χ0) is 18.8. The van der Waals surface area contributed by atoms with Gasteiger partial charge in [0.25, 0.3) is 5.91 Å². The zero-order valence-electron chi connectivity index (χ0n) is 14.4. The van der Waals surface area contributed by atoms with Crippen LogP contribution in [0.1, 0.15) is 44.0 Å². The normalized spacial score (nSPS) is 18.0. The van der Waals surface area contributed by atoms with Crippen LogP contribution in [0.4, 0.5) is 13.6 Å². The number of benzene rings is 1. The van der Waals surface area contributed by atoms with E-state index in [1.807, 2.05) is 0 Å². The summed E-state index contributed by atoms with van der Waals surface area (Å²) in [5, 5.41) is 2.72. The van der Waals surface area contributed by atoms with Gasteiger partial charge < -0.3 is 15.0 Å². The summed E-state index contributed by atoms with van der Waals surface area (Å²) in [6, 6.07) is 1.57. The van der Waals surface area contributed by atoms with E-state index < -0.39 is 29.2 Å². The molecule has 2 rings (SSSR count). The molecule has 1 fully saturated rings. The van der Waals surface area contributed by atoms with Crippen LogP contribution in [0.25, 0.3) is 0 Å². The molecule has 0 radical (unpaired) electrons. The molecule has 0 bridgehead atoms. The minimum absolute atomic E-state index is 0.170. The highest BCUT2D eigenvalue weighted by Crippen LogP contribution is 2.19. The van der Waals surface area contributed by atoms with Crippen LogP contribution in [0.5, 0.6) is 0 Å². The van der Waals surface area contributed by atoms with E-state index in [1.54, 1.807) is 43.4 Å². The number of piperidine rings is 1. The molecule has 1 aliphatic rings. The summed E-state index contributed by atoms with van der Waals surface area (Å²) in [7, 11) is 0. The molecule has 8 heteroatoms. The molecule has 1 heterocycles. The summed E-state index contributed by atoms with van der Waals surface area (Å²) in [5.41, 5.74) is -0.804. The number of hydrogen-bond acceptors (Lipinski definition) is 3. The quantitative estimate of drug-likeness (QED) is 0.535. The summed E-state index contributed by atoms with van der Waals surface area (Å²) < 4.78 is 32.7. The van der Waals surface area contributed by atoms with Gasteiger partial charge in [0.15, 0.2) is 0 Å². The van der Waals surface area contributed by atoms with Crippen molar-refractivity contribution in [3.05, 3.63) is 32.9 Å². The van der Waals surface area contributed by atoms with Crippen LogP contribution in [0, 0.1) is 15.2 Å². The maximum atomic E-state index is 13.8. The minimum Gasteiger partial charge on any atom is -0.444 e. The van der Waals surface area contributed by atoms with Crippen molar-refractivity contribution >= 4 is 34.6 Å². The van der Waals surface area contributed by atoms with E-state index in [-0.39, 0.29) is 15.2 Å². The van der Waals surface area contributed by atoms with Crippen LogP contribution < -0.4 is 5.32 Å². The molecule has 5 nitrogen and oxygen atoms in total. The fourth-order valence-corrected chi connectivity index (χ4v) is 3.01. The predicted octanol–water partition coefficient (Wildman–Crippen LogP) is 3.70. The molecule has 2 amide bonds. The van der Waals surface area contributed by atoms with E-state index in [0.29, 0.717) is 32.0 Å². The van der Waals surface area contributed by atoms with Crippen molar-refractivity contribution in [2.24, 2.45) is 0 Å². The van der Waals surface area contributed by atoms with Gasteiger partial charge in [-0.25, -0.2) is 13.6 Å². The maximum absolute atomic E-state index is 13.8. The lowest BCUT2D eigenvalue weighted by Crippen LogP contribution is -2.50. The number of halogens is 3. The Morgan fingerprint density at radius 2 is 1.96 bits per heavy atom. The number of carbonyl (C=O) groups excluding carboxylic acids is 2. The summed E-state index contributed by atoms with van der Waals surface area (Å²) in [4.78, 5) is 26.0. The van der Waals surface area contributed by atoms with E-state index in [9.17, 15) is 18.4 Å². The average Bonchev–Trinajstić information content (AvgIpc) is 2.49. The second kappa shape index (κ2) is 7.84. The van der Waals surface area contributed by atoms with Crippen LogP contribution in [-0.2, 0) is 4.74 Å². The van der Waals surface area contributed by atoms with E-state index in [2.05, 4.69) is 5.32 Å². The lowest BCUT2D eigenvalue weighted by Gasteiger charge is -2.34. The molecule has 0 spiro atoms. The van der Waals surface area contributed by atoms with Crippen LogP contribution in [0.2, 0.25) is 0 Å². The molecule has 1 saturated heterocycles. The Kier molecular flexibility index (Phi) is 6.23. The number of amides is 2. The van der Waals surface area contributed by atoms with Crippen LogP contribution in [0.15, 0.2) is 12.1 Å². The van der Waals surface area contributed by atoms with E-state index >= 15 is 0 Å². The topological polar surface area (TPSA) is 58.6 Å². The third-order valence-corrected chi connectivity index (χ3v) is 4.49. The number of rotatable bonds is 2. The van der Waals surface area contributed by atoms with Gasteiger partial charge in [-0.1, -0.05) is 0 Å². The molecule has 0 unspecified atom stereocenters. The van der Waals surface area contributed by atoms with E-state index in [0.717, 1.165) is 0 Å². The van der Waals surface area contributed by atoms with Crippen LogP contribution >= 0.6 is 22.6 Å². The molecule has 1 aromatic rings. The van der Waals surface area contributed by atoms with Gasteiger partial charge in [0, 0.05) is 28.8 Å². The Balaban J connectivity index is 2.02. The monoisotopic (exact) mass is 466 g/mol. The maximum Gasteiger partial charge on any atom is 0.410 e. The van der Waals surface area contributed by atoms with Crippen molar-refractivity contribution in [2.45, 2.75) is 45.3 Å². The van der Waals surface area contributed by atoms with Gasteiger partial charge in [-0.05, 0) is 62.3 Å². The Morgan fingerprint density at radius 3 is 2.60 bits per heavy atom. The number of hydrogen-bond donors (Lipinski definition) is 1. The summed E-state index contributed by atoms with van der Waals surface area (Å²) in [5.74, 6) is -2.23. The van der Waals surface area contributed by atoms with E-state index in [4.69, 9.17) is 4.74 Å². The first-order valence-corrected chi connectivity index (χ1v) is 9.08. The largest absolute Gasteiger partial charge is 0.444 e.